The molecule has 0 aliphatic rings. The molecule has 1 heterocycles. The van der Waals surface area contributed by atoms with Gasteiger partial charge in [-0.1, -0.05) is 31.5 Å². The Morgan fingerprint density at radius 2 is 2.00 bits per heavy atom. The second-order valence-electron chi connectivity index (χ2n) is 6.24. The molecule has 0 saturated heterocycles. The molecule has 0 bridgehead atoms. The van der Waals surface area contributed by atoms with Gasteiger partial charge in [-0.25, -0.2) is 9.97 Å². The molecule has 146 valence electrons. The topological polar surface area (TPSA) is 56.3 Å². The maximum absolute atomic E-state index is 6.49. The first-order chi connectivity index (χ1) is 13.0. The van der Waals surface area contributed by atoms with Crippen molar-refractivity contribution in [2.75, 3.05) is 19.0 Å². The molecule has 0 aliphatic carbocycles. The van der Waals surface area contributed by atoms with Gasteiger partial charge >= 0.3 is 0 Å². The van der Waals surface area contributed by atoms with Crippen LogP contribution in [0.25, 0.3) is 11.3 Å². The van der Waals surface area contributed by atoms with Crippen LogP contribution in [-0.2, 0) is 0 Å². The summed E-state index contributed by atoms with van der Waals surface area (Å²) in [5, 5.41) is 3.97. The number of nitrogens with zero attached hydrogens (tertiary/aromatic N) is 2. The van der Waals surface area contributed by atoms with Crippen LogP contribution in [0, 0.1) is 6.92 Å². The standard InChI is InChI=1S/C21H28ClN3O2/c1-6-9-12-27-16-10-11-17(18(22)13-16)19-14(4)23-20(21(25-19)26-5)24-15(7-2)8-3/h6,10-11,13,15H,1,7-9,12H2,2-5H3,(H,23,24). The number of halogens is 1. The fraction of sp³-hybridized carbons (Fsp3) is 0.429. The van der Waals surface area contributed by atoms with Gasteiger partial charge in [0.15, 0.2) is 5.82 Å². The molecule has 0 fully saturated rings. The highest BCUT2D eigenvalue weighted by molar-refractivity contribution is 6.33. The van der Waals surface area contributed by atoms with Crippen LogP contribution in [0.15, 0.2) is 30.9 Å². The number of hydrogen-bond acceptors (Lipinski definition) is 5. The van der Waals surface area contributed by atoms with Gasteiger partial charge in [-0.05, 0) is 44.4 Å². The minimum absolute atomic E-state index is 0.328. The van der Waals surface area contributed by atoms with Crippen LogP contribution in [0.2, 0.25) is 5.02 Å². The zero-order chi connectivity index (χ0) is 19.8. The first-order valence-corrected chi connectivity index (χ1v) is 9.64. The van der Waals surface area contributed by atoms with Crippen molar-refractivity contribution in [2.45, 2.75) is 46.1 Å². The molecule has 6 heteroatoms. The highest BCUT2D eigenvalue weighted by Gasteiger charge is 2.17. The van der Waals surface area contributed by atoms with Crippen molar-refractivity contribution < 1.29 is 9.47 Å². The summed E-state index contributed by atoms with van der Waals surface area (Å²) in [6, 6.07) is 5.91. The normalized spacial score (nSPS) is 10.7. The Morgan fingerprint density at radius 3 is 2.59 bits per heavy atom. The number of benzene rings is 1. The van der Waals surface area contributed by atoms with Gasteiger partial charge in [0.05, 0.1) is 30.1 Å². The van der Waals surface area contributed by atoms with Crippen LogP contribution in [0.1, 0.15) is 38.8 Å². The van der Waals surface area contributed by atoms with Gasteiger partial charge in [0, 0.05) is 11.6 Å². The van der Waals surface area contributed by atoms with E-state index in [-0.39, 0.29) is 0 Å². The Bertz CT molecular complexity index is 776. The molecular weight excluding hydrogens is 362 g/mol. The van der Waals surface area contributed by atoms with E-state index < -0.39 is 0 Å². The molecule has 0 radical (unpaired) electrons. The van der Waals surface area contributed by atoms with Crippen molar-refractivity contribution in [1.29, 1.82) is 0 Å². The Balaban J connectivity index is 2.34. The monoisotopic (exact) mass is 389 g/mol. The number of nitrogens with one attached hydrogen (secondary N) is 1. The largest absolute Gasteiger partial charge is 0.493 e. The molecule has 0 amide bonds. The Hall–Kier alpha value is -2.27. The summed E-state index contributed by atoms with van der Waals surface area (Å²) in [4.78, 5) is 9.34. The molecule has 27 heavy (non-hydrogen) atoms. The number of methoxy groups -OCH3 is 1. The number of anilines is 1. The lowest BCUT2D eigenvalue weighted by Crippen LogP contribution is -2.19. The van der Waals surface area contributed by atoms with Gasteiger partial charge in [0.2, 0.25) is 0 Å². The highest BCUT2D eigenvalue weighted by Crippen LogP contribution is 2.34. The number of ether oxygens (including phenoxy) is 2. The molecule has 2 rings (SSSR count). The number of rotatable bonds is 10. The fourth-order valence-electron chi connectivity index (χ4n) is 2.72. The van der Waals surface area contributed by atoms with Crippen LogP contribution < -0.4 is 14.8 Å². The lowest BCUT2D eigenvalue weighted by molar-refractivity contribution is 0.325. The summed E-state index contributed by atoms with van der Waals surface area (Å²) in [6.07, 6.45) is 4.60. The molecule has 0 atom stereocenters. The van der Waals surface area contributed by atoms with E-state index in [0.29, 0.717) is 35.1 Å². The van der Waals surface area contributed by atoms with E-state index in [4.69, 9.17) is 21.1 Å². The second kappa shape index (κ2) is 10.2. The molecule has 1 N–H and O–H groups in total. The van der Waals surface area contributed by atoms with E-state index in [1.54, 1.807) is 13.2 Å². The van der Waals surface area contributed by atoms with E-state index >= 15 is 0 Å². The molecule has 5 nitrogen and oxygen atoms in total. The first kappa shape index (κ1) is 21.0. The summed E-state index contributed by atoms with van der Waals surface area (Å²) in [5.74, 6) is 1.84. The second-order valence-corrected chi connectivity index (χ2v) is 6.65. The van der Waals surface area contributed by atoms with Crippen LogP contribution in [0.3, 0.4) is 0 Å². The highest BCUT2D eigenvalue weighted by atomic mass is 35.5. The number of aromatic nitrogens is 2. The minimum Gasteiger partial charge on any atom is -0.493 e. The summed E-state index contributed by atoms with van der Waals surface area (Å²) in [5.41, 5.74) is 2.28. The summed E-state index contributed by atoms with van der Waals surface area (Å²) < 4.78 is 11.1. The summed E-state index contributed by atoms with van der Waals surface area (Å²) in [7, 11) is 1.60. The predicted octanol–water partition coefficient (Wildman–Crippen LogP) is 5.67. The minimum atomic E-state index is 0.328. The predicted molar refractivity (Wildman–Crippen MR) is 112 cm³/mol. The van der Waals surface area contributed by atoms with Crippen molar-refractivity contribution >= 4 is 17.4 Å². The number of hydrogen-bond donors (Lipinski definition) is 1. The molecule has 1 aromatic carbocycles. The molecule has 0 aliphatic heterocycles. The van der Waals surface area contributed by atoms with Crippen LogP contribution in [-0.4, -0.2) is 29.7 Å². The molecule has 0 unspecified atom stereocenters. The van der Waals surface area contributed by atoms with Crippen LogP contribution in [0.4, 0.5) is 5.82 Å². The van der Waals surface area contributed by atoms with Crippen molar-refractivity contribution in [2.24, 2.45) is 0 Å². The maximum atomic E-state index is 6.49. The fourth-order valence-corrected chi connectivity index (χ4v) is 2.98. The summed E-state index contributed by atoms with van der Waals surface area (Å²) >= 11 is 6.49. The SMILES string of the molecule is C=CCCOc1ccc(-c2nc(OC)c(NC(CC)CC)nc2C)c(Cl)c1. The van der Waals surface area contributed by atoms with E-state index in [1.165, 1.54) is 0 Å². The van der Waals surface area contributed by atoms with Crippen molar-refractivity contribution in [3.8, 4) is 22.9 Å². The smallest absolute Gasteiger partial charge is 0.257 e. The molecule has 2 aromatic rings. The molecular formula is C21H28ClN3O2. The van der Waals surface area contributed by atoms with Gasteiger partial charge in [0.25, 0.3) is 5.88 Å². The van der Waals surface area contributed by atoms with Gasteiger partial charge in [0.1, 0.15) is 5.75 Å². The average Bonchev–Trinajstić information content (AvgIpc) is 2.67. The van der Waals surface area contributed by atoms with Crippen LogP contribution in [0.5, 0.6) is 11.6 Å². The lowest BCUT2D eigenvalue weighted by atomic mass is 10.1. The van der Waals surface area contributed by atoms with E-state index in [1.807, 2.05) is 25.1 Å². The Morgan fingerprint density at radius 1 is 1.26 bits per heavy atom. The van der Waals surface area contributed by atoms with Gasteiger partial charge in [-0.3, -0.25) is 0 Å². The van der Waals surface area contributed by atoms with Crippen LogP contribution >= 0.6 is 11.6 Å². The molecule has 1 aromatic heterocycles. The quantitative estimate of drug-likeness (QED) is 0.419. The van der Waals surface area contributed by atoms with Crippen molar-refractivity contribution in [3.05, 3.63) is 41.6 Å². The third-order valence-corrected chi connectivity index (χ3v) is 4.66. The average molecular weight is 390 g/mol. The summed E-state index contributed by atoms with van der Waals surface area (Å²) in [6.45, 7) is 10.5. The Kier molecular flexibility index (Phi) is 7.92. The lowest BCUT2D eigenvalue weighted by Gasteiger charge is -2.19. The first-order valence-electron chi connectivity index (χ1n) is 9.26. The Labute approximate surface area is 166 Å². The molecule has 0 saturated carbocycles. The van der Waals surface area contributed by atoms with Gasteiger partial charge in [-0.2, -0.15) is 0 Å². The van der Waals surface area contributed by atoms with Gasteiger partial charge < -0.3 is 14.8 Å². The third kappa shape index (κ3) is 5.36. The van der Waals surface area contributed by atoms with E-state index in [2.05, 4.69) is 35.7 Å². The zero-order valence-corrected chi connectivity index (χ0v) is 17.3. The van der Waals surface area contributed by atoms with Crippen molar-refractivity contribution in [1.82, 2.24) is 9.97 Å². The molecule has 0 spiro atoms. The maximum Gasteiger partial charge on any atom is 0.257 e. The van der Waals surface area contributed by atoms with Crippen molar-refractivity contribution in [3.63, 3.8) is 0 Å². The van der Waals surface area contributed by atoms with E-state index in [9.17, 15) is 0 Å². The van der Waals surface area contributed by atoms with Gasteiger partial charge in [-0.15, -0.1) is 6.58 Å². The number of aryl methyl sites for hydroxylation is 1. The zero-order valence-electron chi connectivity index (χ0n) is 16.5. The van der Waals surface area contributed by atoms with E-state index in [0.717, 1.165) is 36.3 Å². The third-order valence-electron chi connectivity index (χ3n) is 4.34.